The lowest BCUT2D eigenvalue weighted by molar-refractivity contribution is -0.147. The molecule has 4 nitrogen and oxygen atoms in total. The van der Waals surface area contributed by atoms with Crippen LogP contribution in [0.5, 0.6) is 0 Å². The molecule has 2 rings (SSSR count). The number of benzene rings is 1. The van der Waals surface area contributed by atoms with Crippen LogP contribution in [0.2, 0.25) is 0 Å². The highest BCUT2D eigenvalue weighted by molar-refractivity contribution is 5.69. The van der Waals surface area contributed by atoms with E-state index in [4.69, 9.17) is 4.74 Å². The number of aliphatic hydroxyl groups excluding tert-OH is 2. The van der Waals surface area contributed by atoms with Gasteiger partial charge in [0, 0.05) is 6.42 Å². The van der Waals surface area contributed by atoms with Crippen molar-refractivity contribution in [3.05, 3.63) is 35.4 Å². The zero-order chi connectivity index (χ0) is 23.5. The molecular weight excluding hydrogens is 407 g/mol. The Morgan fingerprint density at radius 3 is 2.38 bits per heavy atom. The number of hydrogen-bond acceptors (Lipinski definition) is 4. The van der Waals surface area contributed by atoms with Gasteiger partial charge < -0.3 is 14.9 Å². The number of aryl methyl sites for hydroxylation is 2. The van der Waals surface area contributed by atoms with Crippen LogP contribution in [0.1, 0.15) is 89.2 Å². The summed E-state index contributed by atoms with van der Waals surface area (Å²) >= 11 is 0. The second-order valence-corrected chi connectivity index (χ2v) is 9.83. The van der Waals surface area contributed by atoms with Gasteiger partial charge in [-0.05, 0) is 88.7 Å². The van der Waals surface area contributed by atoms with Gasteiger partial charge in [-0.3, -0.25) is 4.79 Å². The van der Waals surface area contributed by atoms with Gasteiger partial charge in [0.25, 0.3) is 0 Å². The lowest BCUT2D eigenvalue weighted by Crippen LogP contribution is -2.23. The molecule has 1 fully saturated rings. The van der Waals surface area contributed by atoms with Crippen LogP contribution >= 0.6 is 0 Å². The van der Waals surface area contributed by atoms with E-state index in [1.807, 2.05) is 26.0 Å². The molecular formula is C27H43FO4. The van der Waals surface area contributed by atoms with E-state index in [1.165, 1.54) is 11.1 Å². The van der Waals surface area contributed by atoms with Gasteiger partial charge in [-0.1, -0.05) is 43.5 Å². The van der Waals surface area contributed by atoms with Crippen LogP contribution < -0.4 is 0 Å². The molecule has 1 saturated carbocycles. The quantitative estimate of drug-likeness (QED) is 0.282. The highest BCUT2D eigenvalue weighted by Gasteiger charge is 2.40. The maximum Gasteiger partial charge on any atom is 0.306 e. The van der Waals surface area contributed by atoms with Crippen molar-refractivity contribution in [3.8, 4) is 0 Å². The largest absolute Gasteiger partial charge is 0.463 e. The number of rotatable bonds is 14. The minimum atomic E-state index is -0.884. The Morgan fingerprint density at radius 2 is 1.69 bits per heavy atom. The number of hydrogen-bond donors (Lipinski definition) is 2. The molecule has 1 aromatic rings. The number of unbranched alkanes of at least 4 members (excludes halogenated alkanes) is 3. The number of carbonyl (C=O) groups is 1. The van der Waals surface area contributed by atoms with Crippen molar-refractivity contribution in [1.82, 2.24) is 0 Å². The summed E-state index contributed by atoms with van der Waals surface area (Å²) in [6.07, 6.45) is 5.72. The smallest absolute Gasteiger partial charge is 0.306 e. The van der Waals surface area contributed by atoms with Gasteiger partial charge >= 0.3 is 5.97 Å². The fraction of sp³-hybridized carbons (Fsp3) is 0.741. The van der Waals surface area contributed by atoms with Crippen LogP contribution in [0, 0.1) is 18.8 Å². The molecule has 5 atom stereocenters. The molecule has 0 aliphatic heterocycles. The third kappa shape index (κ3) is 9.19. The second-order valence-electron chi connectivity index (χ2n) is 9.83. The average Bonchev–Trinajstić information content (AvgIpc) is 3.00. The number of alkyl halides is 1. The monoisotopic (exact) mass is 450 g/mol. The van der Waals surface area contributed by atoms with Gasteiger partial charge in [-0.25, -0.2) is 4.39 Å². The number of esters is 1. The molecule has 5 heteroatoms. The SMILES string of the molecule is Cc1ccccc1CCC(F)CCC1C(O)CC(O)C1CCCCCCC(=O)OC(C)C. The number of halogens is 1. The third-order valence-electron chi connectivity index (χ3n) is 6.86. The van der Waals surface area contributed by atoms with E-state index in [0.717, 1.165) is 38.5 Å². The van der Waals surface area contributed by atoms with E-state index in [1.54, 1.807) is 0 Å². The van der Waals surface area contributed by atoms with Crippen LogP contribution in [0.15, 0.2) is 24.3 Å². The summed E-state index contributed by atoms with van der Waals surface area (Å²) in [7, 11) is 0. The summed E-state index contributed by atoms with van der Waals surface area (Å²) in [5.74, 6) is -0.125. The van der Waals surface area contributed by atoms with Crippen LogP contribution in [-0.4, -0.2) is 40.7 Å². The van der Waals surface area contributed by atoms with Crippen molar-refractivity contribution in [2.75, 3.05) is 0 Å². The topological polar surface area (TPSA) is 66.8 Å². The fourth-order valence-electron chi connectivity index (χ4n) is 5.03. The molecule has 0 radical (unpaired) electrons. The van der Waals surface area contributed by atoms with Crippen LogP contribution in [0.25, 0.3) is 0 Å². The van der Waals surface area contributed by atoms with E-state index in [-0.39, 0.29) is 23.9 Å². The van der Waals surface area contributed by atoms with Crippen molar-refractivity contribution < 1.29 is 24.1 Å². The van der Waals surface area contributed by atoms with Crippen LogP contribution in [0.3, 0.4) is 0 Å². The molecule has 1 aromatic carbocycles. The molecule has 0 heterocycles. The number of carbonyl (C=O) groups excluding carboxylic acids is 1. The summed E-state index contributed by atoms with van der Waals surface area (Å²) in [5.41, 5.74) is 2.40. The van der Waals surface area contributed by atoms with Crippen molar-refractivity contribution in [3.63, 3.8) is 0 Å². The number of ether oxygens (including phenoxy) is 1. The van der Waals surface area contributed by atoms with Crippen LogP contribution in [0.4, 0.5) is 4.39 Å². The minimum absolute atomic E-state index is 0.0252. The first-order chi connectivity index (χ1) is 15.3. The maximum atomic E-state index is 14.6. The van der Waals surface area contributed by atoms with Gasteiger partial charge in [0.05, 0.1) is 18.3 Å². The highest BCUT2D eigenvalue weighted by atomic mass is 19.1. The molecule has 1 aliphatic rings. The Morgan fingerprint density at radius 1 is 1.03 bits per heavy atom. The standard InChI is InChI=1S/C27H43FO4/c1-19(2)32-27(31)13-7-5-4-6-12-23-24(26(30)18-25(23)29)17-16-22(28)15-14-21-11-9-8-10-20(21)3/h8-11,19,22-26,29-30H,4-7,12-18H2,1-3H3. The Balaban J connectivity index is 1.67. The van der Waals surface area contributed by atoms with E-state index < -0.39 is 18.4 Å². The predicted molar refractivity (Wildman–Crippen MR) is 126 cm³/mol. The molecule has 0 saturated heterocycles. The Labute approximate surface area is 193 Å². The number of aliphatic hydroxyl groups is 2. The zero-order valence-electron chi connectivity index (χ0n) is 20.1. The minimum Gasteiger partial charge on any atom is -0.463 e. The second kappa shape index (κ2) is 13.9. The van der Waals surface area contributed by atoms with Crippen molar-refractivity contribution in [2.24, 2.45) is 11.8 Å². The first-order valence-corrected chi connectivity index (χ1v) is 12.5. The summed E-state index contributed by atoms with van der Waals surface area (Å²) in [5, 5.41) is 20.8. The molecule has 182 valence electrons. The van der Waals surface area contributed by atoms with Crippen molar-refractivity contribution >= 4 is 5.97 Å². The molecule has 5 unspecified atom stereocenters. The molecule has 0 aromatic heterocycles. The van der Waals surface area contributed by atoms with Gasteiger partial charge in [0.15, 0.2) is 0 Å². The molecule has 1 aliphatic carbocycles. The lowest BCUT2D eigenvalue weighted by atomic mass is 9.84. The Hall–Kier alpha value is -1.46. The Kier molecular flexibility index (Phi) is 11.7. The van der Waals surface area contributed by atoms with Gasteiger partial charge in [0.1, 0.15) is 6.17 Å². The van der Waals surface area contributed by atoms with E-state index in [0.29, 0.717) is 32.1 Å². The normalized spacial score (nSPS) is 24.1. The third-order valence-corrected chi connectivity index (χ3v) is 6.86. The van der Waals surface area contributed by atoms with Crippen molar-refractivity contribution in [2.45, 2.75) is 116 Å². The van der Waals surface area contributed by atoms with E-state index >= 15 is 0 Å². The summed E-state index contributed by atoms with van der Waals surface area (Å²) in [6, 6.07) is 8.11. The molecule has 2 N–H and O–H groups in total. The van der Waals surface area contributed by atoms with Gasteiger partial charge in [-0.2, -0.15) is 0 Å². The van der Waals surface area contributed by atoms with Gasteiger partial charge in [-0.15, -0.1) is 0 Å². The zero-order valence-corrected chi connectivity index (χ0v) is 20.1. The lowest BCUT2D eigenvalue weighted by Gasteiger charge is -2.24. The molecule has 0 bridgehead atoms. The maximum absolute atomic E-state index is 14.6. The molecule has 0 spiro atoms. The first kappa shape index (κ1) is 26.8. The molecule has 0 amide bonds. The molecule has 32 heavy (non-hydrogen) atoms. The predicted octanol–water partition coefficient (Wildman–Crippen LogP) is 5.70. The summed E-state index contributed by atoms with van der Waals surface area (Å²) in [4.78, 5) is 11.6. The van der Waals surface area contributed by atoms with E-state index in [9.17, 15) is 19.4 Å². The van der Waals surface area contributed by atoms with Crippen molar-refractivity contribution in [1.29, 1.82) is 0 Å². The fourth-order valence-corrected chi connectivity index (χ4v) is 5.03. The summed E-state index contributed by atoms with van der Waals surface area (Å²) < 4.78 is 19.7. The van der Waals surface area contributed by atoms with Crippen LogP contribution in [-0.2, 0) is 16.0 Å². The first-order valence-electron chi connectivity index (χ1n) is 12.5. The Bertz CT molecular complexity index is 677. The van der Waals surface area contributed by atoms with Gasteiger partial charge in [0.2, 0.25) is 0 Å². The average molecular weight is 451 g/mol. The highest BCUT2D eigenvalue weighted by Crippen LogP contribution is 2.39. The summed E-state index contributed by atoms with van der Waals surface area (Å²) in [6.45, 7) is 5.76. The van der Waals surface area contributed by atoms with E-state index in [2.05, 4.69) is 19.1 Å².